The van der Waals surface area contributed by atoms with E-state index in [4.69, 9.17) is 14.2 Å². The van der Waals surface area contributed by atoms with E-state index < -0.39 is 23.9 Å². The van der Waals surface area contributed by atoms with Gasteiger partial charge in [0.1, 0.15) is 10.8 Å². The van der Waals surface area contributed by atoms with Gasteiger partial charge < -0.3 is 19.5 Å². The van der Waals surface area contributed by atoms with Gasteiger partial charge in [-0.05, 0) is 68.4 Å². The van der Waals surface area contributed by atoms with Gasteiger partial charge in [-0.3, -0.25) is 4.79 Å². The van der Waals surface area contributed by atoms with Crippen LogP contribution in [0.15, 0.2) is 54.6 Å². The SMILES string of the molecule is CCOC(=O)c1c(NC(=O)[C@H](C)OC(=O)COc2ccc(-c3ccccc3)cc2)sc2c1CCCC2. The smallest absolute Gasteiger partial charge is 0.344 e. The first kappa shape index (κ1) is 25.4. The molecule has 1 aliphatic carbocycles. The number of carbonyl (C=O) groups is 3. The number of hydrogen-bond acceptors (Lipinski definition) is 7. The van der Waals surface area contributed by atoms with E-state index in [9.17, 15) is 14.4 Å². The van der Waals surface area contributed by atoms with E-state index in [2.05, 4.69) is 5.32 Å². The second-order valence-electron chi connectivity index (χ2n) is 8.44. The maximum absolute atomic E-state index is 12.8. The van der Waals surface area contributed by atoms with Crippen LogP contribution in [0.5, 0.6) is 5.75 Å². The molecule has 0 aliphatic heterocycles. The summed E-state index contributed by atoms with van der Waals surface area (Å²) in [6.45, 7) is 3.15. The van der Waals surface area contributed by atoms with Gasteiger partial charge in [-0.2, -0.15) is 0 Å². The molecule has 0 spiro atoms. The number of benzene rings is 2. The number of esters is 2. The van der Waals surface area contributed by atoms with Crippen LogP contribution in [-0.2, 0) is 31.9 Å². The fourth-order valence-electron chi connectivity index (χ4n) is 4.09. The Hall–Kier alpha value is -3.65. The summed E-state index contributed by atoms with van der Waals surface area (Å²) in [6, 6.07) is 17.3. The van der Waals surface area contributed by atoms with E-state index in [1.54, 1.807) is 19.1 Å². The van der Waals surface area contributed by atoms with Crippen LogP contribution in [0.1, 0.15) is 47.5 Å². The molecule has 2 aromatic carbocycles. The summed E-state index contributed by atoms with van der Waals surface area (Å²) in [5, 5.41) is 3.22. The van der Waals surface area contributed by atoms with Gasteiger partial charge in [-0.25, -0.2) is 9.59 Å². The average Bonchev–Trinajstić information content (AvgIpc) is 3.26. The molecular weight excluding hydrogens is 478 g/mol. The quantitative estimate of drug-likeness (QED) is 0.389. The van der Waals surface area contributed by atoms with Crippen LogP contribution in [0.3, 0.4) is 0 Å². The first-order valence-corrected chi connectivity index (χ1v) is 12.9. The molecule has 0 bridgehead atoms. The number of carbonyl (C=O) groups excluding carboxylic acids is 3. The Balaban J connectivity index is 1.32. The molecule has 0 radical (unpaired) electrons. The van der Waals surface area contributed by atoms with Crippen molar-refractivity contribution in [2.75, 3.05) is 18.5 Å². The zero-order valence-electron chi connectivity index (χ0n) is 20.4. The van der Waals surface area contributed by atoms with Crippen LogP contribution in [0.25, 0.3) is 11.1 Å². The van der Waals surface area contributed by atoms with Crippen molar-refractivity contribution < 1.29 is 28.6 Å². The Morgan fingerprint density at radius 1 is 0.972 bits per heavy atom. The lowest BCUT2D eigenvalue weighted by atomic mass is 9.95. The Kier molecular flexibility index (Phi) is 8.38. The molecule has 0 saturated carbocycles. The third kappa shape index (κ3) is 6.12. The standard InChI is InChI=1S/C28H29NO6S/c1-3-33-28(32)25-22-11-7-8-12-23(22)36-27(25)29-26(31)18(2)35-24(30)17-34-21-15-13-20(14-16-21)19-9-5-4-6-10-19/h4-6,9-10,13-16,18H,3,7-8,11-12,17H2,1-2H3,(H,29,31)/t18-/m0/s1. The number of ether oxygens (including phenoxy) is 3. The fraction of sp³-hybridized carbons (Fsp3) is 0.321. The monoisotopic (exact) mass is 507 g/mol. The highest BCUT2D eigenvalue weighted by molar-refractivity contribution is 7.17. The molecule has 1 aromatic heterocycles. The highest BCUT2D eigenvalue weighted by atomic mass is 32.1. The Morgan fingerprint density at radius 2 is 1.67 bits per heavy atom. The second kappa shape index (κ2) is 11.9. The van der Waals surface area contributed by atoms with Crippen molar-refractivity contribution in [1.82, 2.24) is 0 Å². The van der Waals surface area contributed by atoms with E-state index >= 15 is 0 Å². The summed E-state index contributed by atoms with van der Waals surface area (Å²) in [5.74, 6) is -1.10. The van der Waals surface area contributed by atoms with Gasteiger partial charge in [0.05, 0.1) is 12.2 Å². The summed E-state index contributed by atoms with van der Waals surface area (Å²) in [5.41, 5.74) is 3.50. The molecule has 8 heteroatoms. The van der Waals surface area contributed by atoms with Gasteiger partial charge in [0.25, 0.3) is 5.91 Å². The summed E-state index contributed by atoms with van der Waals surface area (Å²) >= 11 is 1.39. The Labute approximate surface area is 214 Å². The molecule has 0 unspecified atom stereocenters. The molecule has 0 fully saturated rings. The average molecular weight is 508 g/mol. The number of anilines is 1. The van der Waals surface area contributed by atoms with Crippen LogP contribution in [-0.4, -0.2) is 37.2 Å². The molecule has 1 aliphatic rings. The highest BCUT2D eigenvalue weighted by Crippen LogP contribution is 2.38. The van der Waals surface area contributed by atoms with E-state index in [1.165, 1.54) is 18.3 Å². The minimum atomic E-state index is -1.06. The predicted octanol–water partition coefficient (Wildman–Crippen LogP) is 5.42. The predicted molar refractivity (Wildman–Crippen MR) is 138 cm³/mol. The first-order chi connectivity index (χ1) is 17.5. The number of rotatable bonds is 9. The maximum Gasteiger partial charge on any atom is 0.344 e. The maximum atomic E-state index is 12.8. The van der Waals surface area contributed by atoms with Gasteiger partial charge in [-0.1, -0.05) is 42.5 Å². The number of aryl methyl sites for hydroxylation is 1. The molecule has 0 saturated heterocycles. The van der Waals surface area contributed by atoms with Crippen molar-refractivity contribution in [2.45, 2.75) is 45.6 Å². The van der Waals surface area contributed by atoms with Crippen molar-refractivity contribution in [3.63, 3.8) is 0 Å². The third-order valence-corrected chi connectivity index (χ3v) is 7.09. The lowest BCUT2D eigenvalue weighted by Crippen LogP contribution is -2.32. The number of nitrogens with one attached hydrogen (secondary N) is 1. The molecule has 188 valence electrons. The number of amides is 1. The number of thiophene rings is 1. The molecular formula is C28H29NO6S. The van der Waals surface area contributed by atoms with Crippen molar-refractivity contribution in [2.24, 2.45) is 0 Å². The summed E-state index contributed by atoms with van der Waals surface area (Å²) < 4.78 is 16.0. The highest BCUT2D eigenvalue weighted by Gasteiger charge is 2.28. The molecule has 3 aromatic rings. The van der Waals surface area contributed by atoms with Crippen LogP contribution in [0, 0.1) is 0 Å². The van der Waals surface area contributed by atoms with Gasteiger partial charge >= 0.3 is 11.9 Å². The number of hydrogen-bond donors (Lipinski definition) is 1. The van der Waals surface area contributed by atoms with Crippen LogP contribution in [0.4, 0.5) is 5.00 Å². The minimum absolute atomic E-state index is 0.250. The Morgan fingerprint density at radius 3 is 2.39 bits per heavy atom. The van der Waals surface area contributed by atoms with Gasteiger partial charge in [0.2, 0.25) is 0 Å². The normalized spacial score (nSPS) is 13.3. The van der Waals surface area contributed by atoms with E-state index in [-0.39, 0.29) is 13.2 Å². The summed E-state index contributed by atoms with van der Waals surface area (Å²) in [6.07, 6.45) is 2.63. The van der Waals surface area contributed by atoms with E-state index in [1.807, 2.05) is 42.5 Å². The summed E-state index contributed by atoms with van der Waals surface area (Å²) in [4.78, 5) is 38.7. The first-order valence-electron chi connectivity index (χ1n) is 12.1. The van der Waals surface area contributed by atoms with Crippen molar-refractivity contribution in [3.05, 3.63) is 70.6 Å². The van der Waals surface area contributed by atoms with E-state index in [0.717, 1.165) is 47.3 Å². The van der Waals surface area contributed by atoms with Crippen molar-refractivity contribution in [3.8, 4) is 16.9 Å². The molecule has 4 rings (SSSR count). The molecule has 1 amide bonds. The minimum Gasteiger partial charge on any atom is -0.482 e. The lowest BCUT2D eigenvalue weighted by Gasteiger charge is -2.14. The van der Waals surface area contributed by atoms with Crippen molar-refractivity contribution in [1.29, 1.82) is 0 Å². The second-order valence-corrected chi connectivity index (χ2v) is 9.54. The van der Waals surface area contributed by atoms with Gasteiger partial charge in [-0.15, -0.1) is 11.3 Å². The zero-order chi connectivity index (χ0) is 25.5. The van der Waals surface area contributed by atoms with Crippen LogP contribution >= 0.6 is 11.3 Å². The van der Waals surface area contributed by atoms with Crippen LogP contribution in [0.2, 0.25) is 0 Å². The van der Waals surface area contributed by atoms with Gasteiger partial charge in [0, 0.05) is 4.88 Å². The third-order valence-electron chi connectivity index (χ3n) is 5.88. The van der Waals surface area contributed by atoms with Crippen molar-refractivity contribution >= 4 is 34.2 Å². The molecule has 1 heterocycles. The number of fused-ring (bicyclic) bond motifs is 1. The molecule has 7 nitrogen and oxygen atoms in total. The zero-order valence-corrected chi connectivity index (χ0v) is 21.2. The van der Waals surface area contributed by atoms with E-state index in [0.29, 0.717) is 16.3 Å². The largest absolute Gasteiger partial charge is 0.482 e. The Bertz CT molecular complexity index is 1220. The lowest BCUT2D eigenvalue weighted by molar-refractivity contribution is -0.155. The van der Waals surface area contributed by atoms with Crippen LogP contribution < -0.4 is 10.1 Å². The summed E-state index contributed by atoms with van der Waals surface area (Å²) in [7, 11) is 0. The fourth-order valence-corrected chi connectivity index (χ4v) is 5.37. The molecule has 36 heavy (non-hydrogen) atoms. The molecule has 1 atom stereocenters. The topological polar surface area (TPSA) is 90.9 Å². The van der Waals surface area contributed by atoms with Gasteiger partial charge in [0.15, 0.2) is 12.7 Å². The molecule has 1 N–H and O–H groups in total.